The quantitative estimate of drug-likeness (QED) is 0.806. The molecule has 0 aliphatic carbocycles. The van der Waals surface area contributed by atoms with Gasteiger partial charge in [-0.25, -0.2) is 0 Å². The number of benzene rings is 1. The zero-order chi connectivity index (χ0) is 11.6. The summed E-state index contributed by atoms with van der Waals surface area (Å²) in [6.45, 7) is 5.83. The van der Waals surface area contributed by atoms with E-state index in [9.17, 15) is 0 Å². The Balaban J connectivity index is 2.27. The molecule has 1 saturated heterocycles. The van der Waals surface area contributed by atoms with Gasteiger partial charge < -0.3 is 5.32 Å². The van der Waals surface area contributed by atoms with Crippen LogP contribution in [-0.2, 0) is 5.41 Å². The van der Waals surface area contributed by atoms with Gasteiger partial charge in [0.05, 0.1) is 0 Å². The summed E-state index contributed by atoms with van der Waals surface area (Å²) in [7, 11) is 0. The van der Waals surface area contributed by atoms with Crippen LogP contribution in [0.15, 0.2) is 29.2 Å². The molecule has 0 aromatic heterocycles. The van der Waals surface area contributed by atoms with Gasteiger partial charge in [-0.1, -0.05) is 26.0 Å². The summed E-state index contributed by atoms with van der Waals surface area (Å²) in [6, 6.07) is 9.74. The van der Waals surface area contributed by atoms with Gasteiger partial charge in [-0.15, -0.1) is 11.8 Å². The second-order valence-corrected chi connectivity index (χ2v) is 5.69. The second-order valence-electron chi connectivity index (χ2n) is 4.81. The fraction of sp³-hybridized carbons (Fsp3) is 0.571. The smallest absolute Gasteiger partial charge is 0.0159 e. The molecule has 0 radical (unpaired) electrons. The van der Waals surface area contributed by atoms with Crippen molar-refractivity contribution in [1.29, 1.82) is 0 Å². The Kier molecular flexibility index (Phi) is 3.60. The average molecular weight is 235 g/mol. The molecule has 1 N–H and O–H groups in total. The molecule has 1 fully saturated rings. The minimum Gasteiger partial charge on any atom is -0.313 e. The number of hydrogen-bond acceptors (Lipinski definition) is 2. The van der Waals surface area contributed by atoms with E-state index in [0.717, 1.165) is 6.54 Å². The van der Waals surface area contributed by atoms with Crippen LogP contribution >= 0.6 is 11.8 Å². The summed E-state index contributed by atoms with van der Waals surface area (Å²) in [6.07, 6.45) is 4.59. The van der Waals surface area contributed by atoms with Crippen molar-refractivity contribution >= 4 is 11.8 Å². The lowest BCUT2D eigenvalue weighted by molar-refractivity contribution is 0.392. The Bertz CT molecular complexity index is 346. The second kappa shape index (κ2) is 4.80. The van der Waals surface area contributed by atoms with Crippen molar-refractivity contribution in [2.75, 3.05) is 12.8 Å². The molecule has 1 aromatic rings. The predicted octanol–water partition coefficient (Wildman–Crippen LogP) is 3.44. The third kappa shape index (κ3) is 2.01. The highest BCUT2D eigenvalue weighted by Gasteiger charge is 2.38. The SMILES string of the molecule is CCC1NCCC1(C)c1ccc(SC)cc1. The molecule has 1 aromatic carbocycles. The van der Waals surface area contributed by atoms with Crippen molar-refractivity contribution in [2.45, 2.75) is 43.0 Å². The summed E-state index contributed by atoms with van der Waals surface area (Å²) in [5.74, 6) is 0. The molecule has 1 aliphatic heterocycles. The van der Waals surface area contributed by atoms with E-state index < -0.39 is 0 Å². The third-order valence-corrected chi connectivity index (χ3v) is 4.71. The number of hydrogen-bond donors (Lipinski definition) is 1. The van der Waals surface area contributed by atoms with Crippen molar-refractivity contribution in [1.82, 2.24) is 5.32 Å². The highest BCUT2D eigenvalue weighted by molar-refractivity contribution is 7.98. The highest BCUT2D eigenvalue weighted by Crippen LogP contribution is 2.36. The van der Waals surface area contributed by atoms with Crippen LogP contribution in [0.1, 0.15) is 32.3 Å². The molecule has 1 aliphatic rings. The molecule has 0 saturated carbocycles. The van der Waals surface area contributed by atoms with Crippen LogP contribution < -0.4 is 5.32 Å². The van der Waals surface area contributed by atoms with Crippen molar-refractivity contribution in [3.05, 3.63) is 29.8 Å². The van der Waals surface area contributed by atoms with Gasteiger partial charge in [0, 0.05) is 16.4 Å². The molecule has 0 bridgehead atoms. The maximum absolute atomic E-state index is 3.62. The first-order chi connectivity index (χ1) is 7.70. The van der Waals surface area contributed by atoms with Gasteiger partial charge in [-0.3, -0.25) is 0 Å². The van der Waals surface area contributed by atoms with Gasteiger partial charge in [0.1, 0.15) is 0 Å². The maximum Gasteiger partial charge on any atom is 0.0159 e. The Labute approximate surface area is 103 Å². The van der Waals surface area contributed by atoms with Crippen molar-refractivity contribution in [3.63, 3.8) is 0 Å². The zero-order valence-corrected chi connectivity index (χ0v) is 11.2. The van der Waals surface area contributed by atoms with E-state index in [1.807, 2.05) is 11.8 Å². The largest absolute Gasteiger partial charge is 0.313 e. The van der Waals surface area contributed by atoms with Gasteiger partial charge in [0.25, 0.3) is 0 Å². The number of thioether (sulfide) groups is 1. The van der Waals surface area contributed by atoms with Crippen LogP contribution in [0.2, 0.25) is 0 Å². The summed E-state index contributed by atoms with van der Waals surface area (Å²) in [5, 5.41) is 3.62. The minimum absolute atomic E-state index is 0.325. The summed E-state index contributed by atoms with van der Waals surface area (Å²) < 4.78 is 0. The van der Waals surface area contributed by atoms with Crippen LogP contribution in [0.4, 0.5) is 0 Å². The molecular weight excluding hydrogens is 214 g/mol. The monoisotopic (exact) mass is 235 g/mol. The molecule has 2 heteroatoms. The molecule has 1 nitrogen and oxygen atoms in total. The van der Waals surface area contributed by atoms with Crippen LogP contribution in [0.3, 0.4) is 0 Å². The Morgan fingerprint density at radius 3 is 2.62 bits per heavy atom. The molecule has 0 amide bonds. The lowest BCUT2D eigenvalue weighted by atomic mass is 9.75. The molecule has 2 unspecified atom stereocenters. The van der Waals surface area contributed by atoms with E-state index in [4.69, 9.17) is 0 Å². The average Bonchev–Trinajstić information content (AvgIpc) is 2.72. The fourth-order valence-corrected chi connectivity index (χ4v) is 3.23. The van der Waals surface area contributed by atoms with Gasteiger partial charge in [-0.2, -0.15) is 0 Å². The highest BCUT2D eigenvalue weighted by atomic mass is 32.2. The van der Waals surface area contributed by atoms with Gasteiger partial charge in [0.2, 0.25) is 0 Å². The first kappa shape index (κ1) is 12.0. The standard InChI is InChI=1S/C14H21NS/c1-4-13-14(2,9-10-15-13)11-5-7-12(16-3)8-6-11/h5-8,13,15H,4,9-10H2,1-3H3. The maximum atomic E-state index is 3.62. The van der Waals surface area contributed by atoms with Crippen LogP contribution in [-0.4, -0.2) is 18.8 Å². The van der Waals surface area contributed by atoms with Gasteiger partial charge in [0.15, 0.2) is 0 Å². The molecule has 88 valence electrons. The molecule has 2 rings (SSSR count). The molecule has 1 heterocycles. The normalized spacial score (nSPS) is 29.6. The van der Waals surface area contributed by atoms with E-state index in [2.05, 4.69) is 49.7 Å². The van der Waals surface area contributed by atoms with E-state index in [0.29, 0.717) is 11.5 Å². The first-order valence-corrected chi connectivity index (χ1v) is 7.31. The van der Waals surface area contributed by atoms with E-state index >= 15 is 0 Å². The van der Waals surface area contributed by atoms with Crippen LogP contribution in [0.25, 0.3) is 0 Å². The van der Waals surface area contributed by atoms with Crippen molar-refractivity contribution in [3.8, 4) is 0 Å². The predicted molar refractivity (Wildman–Crippen MR) is 72.3 cm³/mol. The minimum atomic E-state index is 0.325. The molecule has 0 spiro atoms. The van der Waals surface area contributed by atoms with Gasteiger partial charge in [-0.05, 0) is 43.3 Å². The van der Waals surface area contributed by atoms with E-state index in [-0.39, 0.29) is 0 Å². The molecule has 16 heavy (non-hydrogen) atoms. The lowest BCUT2D eigenvalue weighted by Crippen LogP contribution is -2.37. The van der Waals surface area contributed by atoms with Crippen LogP contribution in [0.5, 0.6) is 0 Å². The summed E-state index contributed by atoms with van der Waals surface area (Å²) >= 11 is 1.81. The fourth-order valence-electron chi connectivity index (χ4n) is 2.82. The lowest BCUT2D eigenvalue weighted by Gasteiger charge is -2.31. The van der Waals surface area contributed by atoms with Crippen molar-refractivity contribution < 1.29 is 0 Å². The van der Waals surface area contributed by atoms with E-state index in [1.165, 1.54) is 23.3 Å². The number of rotatable bonds is 3. The number of nitrogens with one attached hydrogen (secondary N) is 1. The van der Waals surface area contributed by atoms with Crippen molar-refractivity contribution in [2.24, 2.45) is 0 Å². The topological polar surface area (TPSA) is 12.0 Å². The first-order valence-electron chi connectivity index (χ1n) is 6.08. The third-order valence-electron chi connectivity index (χ3n) is 3.96. The Hall–Kier alpha value is -0.470. The molecular formula is C14H21NS. The Morgan fingerprint density at radius 2 is 2.06 bits per heavy atom. The Morgan fingerprint density at radius 1 is 1.38 bits per heavy atom. The molecule has 2 atom stereocenters. The summed E-state index contributed by atoms with van der Waals surface area (Å²) in [5.41, 5.74) is 1.81. The van der Waals surface area contributed by atoms with Gasteiger partial charge >= 0.3 is 0 Å². The van der Waals surface area contributed by atoms with E-state index in [1.54, 1.807) is 0 Å². The zero-order valence-electron chi connectivity index (χ0n) is 10.4. The summed E-state index contributed by atoms with van der Waals surface area (Å²) in [4.78, 5) is 1.35. The van der Waals surface area contributed by atoms with Crippen LogP contribution in [0, 0.1) is 0 Å².